The van der Waals surface area contributed by atoms with E-state index in [1.807, 2.05) is 13.2 Å². The van der Waals surface area contributed by atoms with Crippen molar-refractivity contribution in [1.82, 2.24) is 15.3 Å². The molecule has 0 bridgehead atoms. The van der Waals surface area contributed by atoms with Crippen molar-refractivity contribution in [3.63, 3.8) is 0 Å². The van der Waals surface area contributed by atoms with Crippen molar-refractivity contribution in [2.45, 2.75) is 12.3 Å². The molecule has 0 aliphatic carbocycles. The Balaban J connectivity index is 2.06. The fourth-order valence-corrected chi connectivity index (χ4v) is 2.57. The molecule has 2 aromatic rings. The lowest BCUT2D eigenvalue weighted by atomic mass is 9.90. The Kier molecular flexibility index (Phi) is 3.02. The van der Waals surface area contributed by atoms with Crippen LogP contribution in [0.4, 0.5) is 0 Å². The van der Waals surface area contributed by atoms with Crippen molar-refractivity contribution in [2.24, 2.45) is 0 Å². The zero-order valence-electron chi connectivity index (χ0n) is 10.4. The Labute approximate surface area is 106 Å². The molecular weight excluding hydrogens is 226 g/mol. The van der Waals surface area contributed by atoms with Gasteiger partial charge in [0.1, 0.15) is 5.75 Å². The number of hydrogen-bond donors (Lipinski definition) is 2. The van der Waals surface area contributed by atoms with Crippen molar-refractivity contribution >= 4 is 0 Å². The van der Waals surface area contributed by atoms with Gasteiger partial charge in [-0.15, -0.1) is 0 Å². The number of hydrogen-bond acceptors (Lipinski definition) is 3. The van der Waals surface area contributed by atoms with Crippen LogP contribution in [0.15, 0.2) is 30.7 Å². The van der Waals surface area contributed by atoms with Gasteiger partial charge in [-0.3, -0.25) is 0 Å². The fourth-order valence-electron chi connectivity index (χ4n) is 2.57. The van der Waals surface area contributed by atoms with Gasteiger partial charge < -0.3 is 15.0 Å². The highest BCUT2D eigenvalue weighted by Crippen LogP contribution is 2.39. The van der Waals surface area contributed by atoms with Crippen LogP contribution in [-0.2, 0) is 0 Å². The second kappa shape index (κ2) is 4.82. The van der Waals surface area contributed by atoms with Crippen LogP contribution in [0.1, 0.15) is 17.9 Å². The number of aromatic amines is 1. The van der Waals surface area contributed by atoms with Crippen molar-refractivity contribution < 1.29 is 4.74 Å². The average molecular weight is 243 g/mol. The topological polar surface area (TPSA) is 49.9 Å². The van der Waals surface area contributed by atoms with Gasteiger partial charge in [0.05, 0.1) is 24.8 Å². The van der Waals surface area contributed by atoms with Crippen molar-refractivity contribution in [1.29, 1.82) is 0 Å². The summed E-state index contributed by atoms with van der Waals surface area (Å²) in [7, 11) is 1.99. The van der Waals surface area contributed by atoms with Gasteiger partial charge in [-0.1, -0.05) is 12.1 Å². The molecule has 0 fully saturated rings. The fraction of sp³-hybridized carbons (Fsp3) is 0.357. The second-order valence-electron chi connectivity index (χ2n) is 4.58. The molecular formula is C14H17N3O. The molecule has 1 aromatic heterocycles. The van der Waals surface area contributed by atoms with Gasteiger partial charge in [-0.25, -0.2) is 4.98 Å². The van der Waals surface area contributed by atoms with Crippen LogP contribution in [0.3, 0.4) is 0 Å². The smallest absolute Gasteiger partial charge is 0.132 e. The first kappa shape index (κ1) is 11.3. The van der Waals surface area contributed by atoms with Crippen LogP contribution >= 0.6 is 0 Å². The summed E-state index contributed by atoms with van der Waals surface area (Å²) in [6.07, 6.45) is 4.60. The monoisotopic (exact) mass is 243 g/mol. The number of nitrogens with zero attached hydrogens (tertiary/aromatic N) is 1. The van der Waals surface area contributed by atoms with Crippen molar-refractivity contribution in [3.8, 4) is 17.0 Å². The van der Waals surface area contributed by atoms with Gasteiger partial charge in [0, 0.05) is 18.0 Å². The van der Waals surface area contributed by atoms with E-state index < -0.39 is 0 Å². The Morgan fingerprint density at radius 3 is 3.22 bits per heavy atom. The lowest BCUT2D eigenvalue weighted by Crippen LogP contribution is -2.23. The summed E-state index contributed by atoms with van der Waals surface area (Å²) in [4.78, 5) is 7.22. The first-order valence-corrected chi connectivity index (χ1v) is 6.29. The predicted octanol–water partition coefficient (Wildman–Crippen LogP) is 2.16. The Hall–Kier alpha value is -1.81. The molecule has 1 aliphatic heterocycles. The third-order valence-corrected chi connectivity index (χ3v) is 3.44. The SMILES string of the molecule is CNC[C@@H]1CCOc2c(-c3cnc[nH]3)cccc21. The van der Waals surface area contributed by atoms with Crippen molar-refractivity contribution in [2.75, 3.05) is 20.2 Å². The molecule has 0 amide bonds. The van der Waals surface area contributed by atoms with Crippen molar-refractivity contribution in [3.05, 3.63) is 36.3 Å². The molecule has 1 aromatic carbocycles. The molecule has 0 saturated carbocycles. The van der Waals surface area contributed by atoms with E-state index in [0.29, 0.717) is 5.92 Å². The number of likely N-dealkylation sites (N-methyl/N-ethyl adjacent to an activating group) is 1. The number of para-hydroxylation sites is 1. The summed E-state index contributed by atoms with van der Waals surface area (Å²) in [5.74, 6) is 1.54. The minimum Gasteiger partial charge on any atom is -0.493 e. The largest absolute Gasteiger partial charge is 0.493 e. The standard InChI is InChI=1S/C14H17N3O/c1-15-7-10-5-6-18-14-11(10)3-2-4-12(14)13-8-16-9-17-13/h2-4,8-10,15H,5-7H2,1H3,(H,16,17)/t10-/m0/s1. The summed E-state index contributed by atoms with van der Waals surface area (Å²) in [5.41, 5.74) is 3.41. The molecule has 3 rings (SSSR count). The Morgan fingerprint density at radius 2 is 2.44 bits per heavy atom. The van der Waals surface area contributed by atoms with Gasteiger partial charge in [-0.2, -0.15) is 0 Å². The summed E-state index contributed by atoms with van der Waals surface area (Å²) < 4.78 is 5.88. The summed E-state index contributed by atoms with van der Waals surface area (Å²) in [6, 6.07) is 6.33. The van der Waals surface area contributed by atoms with E-state index in [-0.39, 0.29) is 0 Å². The number of benzene rings is 1. The maximum Gasteiger partial charge on any atom is 0.132 e. The van der Waals surface area contributed by atoms with Gasteiger partial charge >= 0.3 is 0 Å². The minimum atomic E-state index is 0.529. The second-order valence-corrected chi connectivity index (χ2v) is 4.58. The first-order chi connectivity index (χ1) is 8.90. The normalized spacial score (nSPS) is 18.2. The number of H-pyrrole nitrogens is 1. The maximum absolute atomic E-state index is 5.88. The quantitative estimate of drug-likeness (QED) is 0.868. The molecule has 2 N–H and O–H groups in total. The molecule has 4 heteroatoms. The van der Waals surface area contributed by atoms with Crippen LogP contribution < -0.4 is 10.1 Å². The molecule has 1 aliphatic rings. The summed E-state index contributed by atoms with van der Waals surface area (Å²) in [5, 5.41) is 3.26. The van der Waals surface area contributed by atoms with Crippen LogP contribution in [0.5, 0.6) is 5.75 Å². The summed E-state index contributed by atoms with van der Waals surface area (Å²) >= 11 is 0. The molecule has 0 radical (unpaired) electrons. The number of ether oxygens (including phenoxy) is 1. The van der Waals surface area contributed by atoms with Gasteiger partial charge in [0.2, 0.25) is 0 Å². The van der Waals surface area contributed by atoms with E-state index in [1.54, 1.807) is 6.33 Å². The number of imidazole rings is 1. The highest BCUT2D eigenvalue weighted by molar-refractivity contribution is 5.69. The number of rotatable bonds is 3. The molecule has 0 saturated heterocycles. The molecule has 2 heterocycles. The highest BCUT2D eigenvalue weighted by atomic mass is 16.5. The van der Waals surface area contributed by atoms with E-state index in [9.17, 15) is 0 Å². The summed E-state index contributed by atoms with van der Waals surface area (Å²) in [6.45, 7) is 1.77. The molecule has 0 unspecified atom stereocenters. The zero-order valence-corrected chi connectivity index (χ0v) is 10.4. The van der Waals surface area contributed by atoms with E-state index in [2.05, 4.69) is 33.5 Å². The molecule has 1 atom stereocenters. The molecule has 18 heavy (non-hydrogen) atoms. The Bertz CT molecular complexity index is 522. The molecule has 0 spiro atoms. The van der Waals surface area contributed by atoms with Crippen LogP contribution in [0.25, 0.3) is 11.3 Å². The Morgan fingerprint density at radius 1 is 1.50 bits per heavy atom. The zero-order chi connectivity index (χ0) is 12.4. The van der Waals surface area contributed by atoms with Crippen LogP contribution in [0, 0.1) is 0 Å². The van der Waals surface area contributed by atoms with Crippen LogP contribution in [0.2, 0.25) is 0 Å². The van der Waals surface area contributed by atoms with Gasteiger partial charge in [-0.05, 0) is 25.1 Å². The number of fused-ring (bicyclic) bond motifs is 1. The lowest BCUT2D eigenvalue weighted by molar-refractivity contribution is 0.267. The molecule has 94 valence electrons. The third-order valence-electron chi connectivity index (χ3n) is 3.44. The van der Waals surface area contributed by atoms with E-state index in [4.69, 9.17) is 4.74 Å². The first-order valence-electron chi connectivity index (χ1n) is 6.29. The van der Waals surface area contributed by atoms with Crippen LogP contribution in [-0.4, -0.2) is 30.2 Å². The number of aromatic nitrogens is 2. The van der Waals surface area contributed by atoms with Gasteiger partial charge in [0.15, 0.2) is 0 Å². The third kappa shape index (κ3) is 1.88. The highest BCUT2D eigenvalue weighted by Gasteiger charge is 2.23. The van der Waals surface area contributed by atoms with E-state index in [0.717, 1.165) is 36.6 Å². The predicted molar refractivity (Wildman–Crippen MR) is 70.8 cm³/mol. The lowest BCUT2D eigenvalue weighted by Gasteiger charge is -2.27. The average Bonchev–Trinajstić information content (AvgIpc) is 2.93. The minimum absolute atomic E-state index is 0.529. The van der Waals surface area contributed by atoms with E-state index in [1.165, 1.54) is 5.56 Å². The maximum atomic E-state index is 5.88. The molecule has 4 nitrogen and oxygen atoms in total. The number of nitrogens with one attached hydrogen (secondary N) is 2. The van der Waals surface area contributed by atoms with Gasteiger partial charge in [0.25, 0.3) is 0 Å². The van der Waals surface area contributed by atoms with E-state index >= 15 is 0 Å².